The number of methoxy groups -OCH3 is 1. The SMILES string of the molecule is COc1cc(N(CCOc2ccc(C(=O)O)cc2)C(=O)CCCN2CCOCC2)ccc1NC(=O)Nc1ccccc1C. The molecule has 3 N–H and O–H groups in total. The van der Waals surface area contributed by atoms with Crippen molar-refractivity contribution in [3.63, 3.8) is 0 Å². The molecule has 0 radical (unpaired) electrons. The summed E-state index contributed by atoms with van der Waals surface area (Å²) in [5.41, 5.74) is 2.84. The third kappa shape index (κ3) is 9.19. The quantitative estimate of drug-likeness (QED) is 0.257. The van der Waals surface area contributed by atoms with Crippen LogP contribution in [0.3, 0.4) is 0 Å². The predicted octanol–water partition coefficient (Wildman–Crippen LogP) is 4.87. The number of hydrogen-bond acceptors (Lipinski definition) is 7. The maximum Gasteiger partial charge on any atom is 0.335 e. The van der Waals surface area contributed by atoms with Crippen LogP contribution in [0.5, 0.6) is 11.5 Å². The highest BCUT2D eigenvalue weighted by atomic mass is 16.5. The molecule has 1 aliphatic heterocycles. The van der Waals surface area contributed by atoms with E-state index in [1.807, 2.05) is 31.2 Å². The van der Waals surface area contributed by atoms with Crippen molar-refractivity contribution in [1.29, 1.82) is 0 Å². The van der Waals surface area contributed by atoms with Crippen molar-refractivity contribution in [3.8, 4) is 11.5 Å². The Labute approximate surface area is 251 Å². The molecular formula is C32H38N4O7. The molecule has 0 atom stereocenters. The monoisotopic (exact) mass is 590 g/mol. The molecule has 1 saturated heterocycles. The fourth-order valence-corrected chi connectivity index (χ4v) is 4.70. The van der Waals surface area contributed by atoms with Crippen molar-refractivity contribution >= 4 is 35.0 Å². The van der Waals surface area contributed by atoms with E-state index in [0.717, 1.165) is 25.2 Å². The highest BCUT2D eigenvalue weighted by molar-refractivity contribution is 6.01. The maximum atomic E-state index is 13.5. The van der Waals surface area contributed by atoms with Crippen LogP contribution in [0.1, 0.15) is 28.8 Å². The van der Waals surface area contributed by atoms with Gasteiger partial charge in [0.15, 0.2) is 0 Å². The minimum Gasteiger partial charge on any atom is -0.494 e. The van der Waals surface area contributed by atoms with Gasteiger partial charge in [-0.2, -0.15) is 0 Å². The number of ether oxygens (including phenoxy) is 3. The molecule has 1 fully saturated rings. The van der Waals surface area contributed by atoms with Gasteiger partial charge in [0.2, 0.25) is 5.91 Å². The van der Waals surface area contributed by atoms with Gasteiger partial charge in [0.1, 0.15) is 18.1 Å². The number of carboxylic acids is 1. The Morgan fingerprint density at radius 1 is 0.977 bits per heavy atom. The van der Waals surface area contributed by atoms with Crippen LogP contribution in [0.2, 0.25) is 0 Å². The molecule has 3 amide bonds. The predicted molar refractivity (Wildman–Crippen MR) is 165 cm³/mol. The van der Waals surface area contributed by atoms with Gasteiger partial charge >= 0.3 is 12.0 Å². The number of rotatable bonds is 13. The molecule has 11 nitrogen and oxygen atoms in total. The lowest BCUT2D eigenvalue weighted by molar-refractivity contribution is -0.118. The van der Waals surface area contributed by atoms with Crippen LogP contribution in [0.25, 0.3) is 0 Å². The third-order valence-electron chi connectivity index (χ3n) is 7.09. The average Bonchev–Trinajstić information content (AvgIpc) is 3.01. The van der Waals surface area contributed by atoms with Crippen LogP contribution in [-0.4, -0.2) is 81.0 Å². The number of benzene rings is 3. The fourth-order valence-electron chi connectivity index (χ4n) is 4.70. The van der Waals surface area contributed by atoms with Crippen molar-refractivity contribution < 1.29 is 33.7 Å². The summed E-state index contributed by atoms with van der Waals surface area (Å²) in [6, 6.07) is 18.3. The summed E-state index contributed by atoms with van der Waals surface area (Å²) in [5.74, 6) is -0.187. The molecule has 3 aromatic rings. The molecule has 0 bridgehead atoms. The number of carboxylic acid groups (broad SMARTS) is 1. The van der Waals surface area contributed by atoms with Crippen molar-refractivity contribution in [2.24, 2.45) is 0 Å². The number of aryl methyl sites for hydroxylation is 1. The second-order valence-electron chi connectivity index (χ2n) is 10.1. The Balaban J connectivity index is 1.44. The fraction of sp³-hybridized carbons (Fsp3) is 0.344. The molecule has 1 heterocycles. The number of para-hydroxylation sites is 1. The number of hydrogen-bond donors (Lipinski definition) is 3. The zero-order valence-corrected chi connectivity index (χ0v) is 24.5. The van der Waals surface area contributed by atoms with E-state index in [0.29, 0.717) is 54.6 Å². The maximum absolute atomic E-state index is 13.5. The molecule has 0 aliphatic carbocycles. The number of nitrogens with one attached hydrogen (secondary N) is 2. The van der Waals surface area contributed by atoms with Crippen LogP contribution in [-0.2, 0) is 9.53 Å². The van der Waals surface area contributed by atoms with Gasteiger partial charge in [-0.25, -0.2) is 9.59 Å². The number of nitrogens with zero attached hydrogens (tertiary/aromatic N) is 2. The van der Waals surface area contributed by atoms with Crippen LogP contribution in [0, 0.1) is 6.92 Å². The van der Waals surface area contributed by atoms with E-state index in [1.54, 1.807) is 35.2 Å². The van der Waals surface area contributed by atoms with E-state index >= 15 is 0 Å². The molecular weight excluding hydrogens is 552 g/mol. The number of carbonyl (C=O) groups excluding carboxylic acids is 2. The van der Waals surface area contributed by atoms with Crippen molar-refractivity contribution in [2.45, 2.75) is 19.8 Å². The standard InChI is InChI=1S/C32H38N4O7/c1-23-6-3-4-7-27(23)33-32(40)34-28-14-11-25(22-29(28)41-2)36(30(37)8-5-15-35-16-19-42-20-17-35)18-21-43-26-12-9-24(10-13-26)31(38)39/h3-4,6-7,9-14,22H,5,8,15-21H2,1-2H3,(H,38,39)(H2,33,34,40). The van der Waals surface area contributed by atoms with E-state index in [9.17, 15) is 14.4 Å². The van der Waals surface area contributed by atoms with E-state index in [-0.39, 0.29) is 24.6 Å². The van der Waals surface area contributed by atoms with Gasteiger partial charge in [-0.1, -0.05) is 18.2 Å². The smallest absolute Gasteiger partial charge is 0.335 e. The number of aromatic carboxylic acids is 1. The highest BCUT2D eigenvalue weighted by Crippen LogP contribution is 2.31. The van der Waals surface area contributed by atoms with E-state index in [4.69, 9.17) is 19.3 Å². The summed E-state index contributed by atoms with van der Waals surface area (Å²) in [6.07, 6.45) is 1.04. The summed E-state index contributed by atoms with van der Waals surface area (Å²) in [6.45, 7) is 6.26. The summed E-state index contributed by atoms with van der Waals surface area (Å²) in [5, 5.41) is 14.8. The number of urea groups is 1. The van der Waals surface area contributed by atoms with Gasteiger partial charge in [0.25, 0.3) is 0 Å². The van der Waals surface area contributed by atoms with Crippen molar-refractivity contribution in [1.82, 2.24) is 4.90 Å². The molecule has 4 rings (SSSR count). The first-order chi connectivity index (χ1) is 20.8. The minimum atomic E-state index is -1.01. The molecule has 0 spiro atoms. The van der Waals surface area contributed by atoms with Gasteiger partial charge in [-0.05, 0) is 67.9 Å². The molecule has 0 saturated carbocycles. The van der Waals surface area contributed by atoms with E-state index in [2.05, 4.69) is 15.5 Å². The normalized spacial score (nSPS) is 13.2. The number of anilines is 3. The third-order valence-corrected chi connectivity index (χ3v) is 7.09. The highest BCUT2D eigenvalue weighted by Gasteiger charge is 2.20. The molecule has 3 aromatic carbocycles. The summed E-state index contributed by atoms with van der Waals surface area (Å²) in [7, 11) is 1.50. The second kappa shape index (κ2) is 15.6. The number of amides is 3. The molecule has 11 heteroatoms. The summed E-state index contributed by atoms with van der Waals surface area (Å²) in [4.78, 5) is 41.3. The second-order valence-corrected chi connectivity index (χ2v) is 10.1. The molecule has 43 heavy (non-hydrogen) atoms. The van der Waals surface area contributed by atoms with Crippen molar-refractivity contribution in [2.75, 3.05) is 68.6 Å². The Bertz CT molecular complexity index is 1390. The first-order valence-corrected chi connectivity index (χ1v) is 14.2. The van der Waals surface area contributed by atoms with Gasteiger partial charge in [-0.3, -0.25) is 9.69 Å². The van der Waals surface area contributed by atoms with Gasteiger partial charge < -0.3 is 34.9 Å². The van der Waals surface area contributed by atoms with E-state index < -0.39 is 12.0 Å². The zero-order chi connectivity index (χ0) is 30.6. The van der Waals surface area contributed by atoms with Crippen LogP contribution in [0.15, 0.2) is 66.7 Å². The largest absolute Gasteiger partial charge is 0.494 e. The lowest BCUT2D eigenvalue weighted by Crippen LogP contribution is -2.38. The number of morpholine rings is 1. The minimum absolute atomic E-state index is 0.0712. The lowest BCUT2D eigenvalue weighted by Gasteiger charge is -2.27. The Morgan fingerprint density at radius 3 is 2.40 bits per heavy atom. The van der Waals surface area contributed by atoms with Gasteiger partial charge in [0, 0.05) is 37.0 Å². The van der Waals surface area contributed by atoms with Crippen LogP contribution >= 0.6 is 0 Å². The zero-order valence-electron chi connectivity index (χ0n) is 24.5. The Morgan fingerprint density at radius 2 is 1.70 bits per heavy atom. The first kappa shape index (κ1) is 31.3. The molecule has 0 aromatic heterocycles. The number of carbonyl (C=O) groups is 3. The summed E-state index contributed by atoms with van der Waals surface area (Å²) >= 11 is 0. The molecule has 1 aliphatic rings. The molecule has 228 valence electrons. The topological polar surface area (TPSA) is 130 Å². The van der Waals surface area contributed by atoms with Crippen molar-refractivity contribution in [3.05, 3.63) is 77.9 Å². The van der Waals surface area contributed by atoms with Crippen LogP contribution < -0.4 is 25.0 Å². The van der Waals surface area contributed by atoms with Gasteiger partial charge in [-0.15, -0.1) is 0 Å². The van der Waals surface area contributed by atoms with Crippen LogP contribution in [0.4, 0.5) is 21.9 Å². The molecule has 0 unspecified atom stereocenters. The summed E-state index contributed by atoms with van der Waals surface area (Å²) < 4.78 is 16.8. The first-order valence-electron chi connectivity index (χ1n) is 14.2. The lowest BCUT2D eigenvalue weighted by atomic mass is 10.2. The average molecular weight is 591 g/mol. The van der Waals surface area contributed by atoms with Gasteiger partial charge in [0.05, 0.1) is 38.1 Å². The Hall–Kier alpha value is -4.61. The van der Waals surface area contributed by atoms with E-state index in [1.165, 1.54) is 19.2 Å². The Kier molecular flexibility index (Phi) is 11.3.